The summed E-state index contributed by atoms with van der Waals surface area (Å²) in [7, 11) is 0. The lowest BCUT2D eigenvalue weighted by Crippen LogP contribution is -2.44. The predicted molar refractivity (Wildman–Crippen MR) is 66.5 cm³/mol. The first-order chi connectivity index (χ1) is 7.66. The van der Waals surface area contributed by atoms with E-state index in [-0.39, 0.29) is 18.4 Å². The van der Waals surface area contributed by atoms with Crippen molar-refractivity contribution in [1.29, 1.82) is 0 Å². The van der Waals surface area contributed by atoms with Crippen LogP contribution in [0, 0.1) is 11.6 Å². The highest BCUT2D eigenvalue weighted by Gasteiger charge is 2.18. The van der Waals surface area contributed by atoms with Crippen molar-refractivity contribution < 1.29 is 8.78 Å². The van der Waals surface area contributed by atoms with Gasteiger partial charge in [0.15, 0.2) is 0 Å². The van der Waals surface area contributed by atoms with E-state index >= 15 is 0 Å². The zero-order valence-electron chi connectivity index (χ0n) is 9.75. The molecule has 1 aliphatic heterocycles. The lowest BCUT2D eigenvalue weighted by molar-refractivity contribution is 0.185. The quantitative estimate of drug-likeness (QED) is 0.880. The highest BCUT2D eigenvalue weighted by atomic mass is 35.5. The number of halogens is 3. The Morgan fingerprint density at radius 3 is 2.18 bits per heavy atom. The van der Waals surface area contributed by atoms with Gasteiger partial charge in [-0.25, -0.2) is 8.78 Å². The second-order valence-electron chi connectivity index (χ2n) is 4.16. The third kappa shape index (κ3) is 3.63. The van der Waals surface area contributed by atoms with Gasteiger partial charge in [-0.3, -0.25) is 4.90 Å². The zero-order valence-corrected chi connectivity index (χ0v) is 10.6. The van der Waals surface area contributed by atoms with Gasteiger partial charge in [-0.1, -0.05) is 0 Å². The van der Waals surface area contributed by atoms with Crippen LogP contribution in [0.5, 0.6) is 0 Å². The first-order valence-corrected chi connectivity index (χ1v) is 5.57. The Hall–Kier alpha value is -0.710. The van der Waals surface area contributed by atoms with Crippen molar-refractivity contribution in [2.75, 3.05) is 26.2 Å². The molecular weight excluding hydrogens is 246 g/mol. The molecule has 0 unspecified atom stereocenters. The van der Waals surface area contributed by atoms with Crippen LogP contribution < -0.4 is 5.32 Å². The van der Waals surface area contributed by atoms with Crippen molar-refractivity contribution in [3.8, 4) is 0 Å². The molecular formula is C12H17ClF2N2. The Morgan fingerprint density at radius 2 is 1.65 bits per heavy atom. The number of nitrogens with one attached hydrogen (secondary N) is 1. The van der Waals surface area contributed by atoms with E-state index in [1.54, 1.807) is 0 Å². The summed E-state index contributed by atoms with van der Waals surface area (Å²) in [6.07, 6.45) is 0. The van der Waals surface area contributed by atoms with Crippen molar-refractivity contribution >= 4 is 12.4 Å². The van der Waals surface area contributed by atoms with Gasteiger partial charge >= 0.3 is 0 Å². The number of hydrogen-bond donors (Lipinski definition) is 1. The number of benzene rings is 1. The third-order valence-corrected chi connectivity index (χ3v) is 3.07. The monoisotopic (exact) mass is 262 g/mol. The molecule has 1 aromatic rings. The van der Waals surface area contributed by atoms with Gasteiger partial charge in [-0.05, 0) is 24.6 Å². The van der Waals surface area contributed by atoms with Crippen LogP contribution in [0.3, 0.4) is 0 Å². The van der Waals surface area contributed by atoms with E-state index in [0.717, 1.165) is 32.2 Å². The topological polar surface area (TPSA) is 15.3 Å². The Kier molecular flexibility index (Phi) is 5.31. The number of rotatable bonds is 2. The van der Waals surface area contributed by atoms with E-state index < -0.39 is 11.6 Å². The fourth-order valence-electron chi connectivity index (χ4n) is 2.10. The minimum atomic E-state index is -0.503. The van der Waals surface area contributed by atoms with Crippen LogP contribution in [0.15, 0.2) is 18.2 Å². The van der Waals surface area contributed by atoms with Crippen LogP contribution in [0.4, 0.5) is 8.78 Å². The van der Waals surface area contributed by atoms with Crippen LogP contribution in [-0.2, 0) is 0 Å². The molecule has 2 nitrogen and oxygen atoms in total. The van der Waals surface area contributed by atoms with Gasteiger partial charge in [0.05, 0.1) is 0 Å². The third-order valence-electron chi connectivity index (χ3n) is 3.07. The maximum absolute atomic E-state index is 13.1. The minimum absolute atomic E-state index is 0. The molecule has 1 heterocycles. The van der Waals surface area contributed by atoms with Crippen molar-refractivity contribution in [2.24, 2.45) is 0 Å². The first-order valence-electron chi connectivity index (χ1n) is 5.57. The Morgan fingerprint density at radius 1 is 1.12 bits per heavy atom. The largest absolute Gasteiger partial charge is 0.314 e. The number of nitrogens with zero attached hydrogens (tertiary/aromatic N) is 1. The molecule has 1 aromatic carbocycles. The van der Waals surface area contributed by atoms with E-state index in [0.29, 0.717) is 5.56 Å². The van der Waals surface area contributed by atoms with Crippen LogP contribution in [0.2, 0.25) is 0 Å². The maximum atomic E-state index is 13.1. The van der Waals surface area contributed by atoms with Gasteiger partial charge in [0, 0.05) is 38.3 Å². The summed E-state index contributed by atoms with van der Waals surface area (Å²) in [4.78, 5) is 2.23. The van der Waals surface area contributed by atoms with Crippen LogP contribution >= 0.6 is 12.4 Å². The zero-order chi connectivity index (χ0) is 11.5. The molecule has 0 aromatic heterocycles. The standard InChI is InChI=1S/C12H16F2N2.ClH/c1-9(16-4-2-15-3-5-16)10-6-11(13)8-12(14)7-10;/h6-9,15H,2-5H2,1H3;1H/t9-;/m0./s1. The molecule has 1 saturated heterocycles. The summed E-state index contributed by atoms with van der Waals surface area (Å²) in [5.74, 6) is -1.01. The molecule has 1 aliphatic rings. The molecule has 5 heteroatoms. The van der Waals surface area contributed by atoms with Crippen LogP contribution in [0.25, 0.3) is 0 Å². The SMILES string of the molecule is C[C@@H](c1cc(F)cc(F)c1)N1CCNCC1.Cl. The van der Waals surface area contributed by atoms with Crippen LogP contribution in [-0.4, -0.2) is 31.1 Å². The van der Waals surface area contributed by atoms with Crippen molar-refractivity contribution in [3.63, 3.8) is 0 Å². The highest BCUT2D eigenvalue weighted by Crippen LogP contribution is 2.22. The lowest BCUT2D eigenvalue weighted by atomic mass is 10.1. The molecule has 2 rings (SSSR count). The van der Waals surface area contributed by atoms with Crippen molar-refractivity contribution in [3.05, 3.63) is 35.4 Å². The molecule has 96 valence electrons. The average Bonchev–Trinajstić information content (AvgIpc) is 2.28. The Labute approximate surface area is 106 Å². The van der Waals surface area contributed by atoms with E-state index in [1.807, 2.05) is 6.92 Å². The van der Waals surface area contributed by atoms with E-state index in [2.05, 4.69) is 10.2 Å². The molecule has 1 N–H and O–H groups in total. The maximum Gasteiger partial charge on any atom is 0.126 e. The normalized spacial score (nSPS) is 18.5. The fourth-order valence-corrected chi connectivity index (χ4v) is 2.10. The Bertz CT molecular complexity index is 347. The van der Waals surface area contributed by atoms with E-state index in [9.17, 15) is 8.78 Å². The smallest absolute Gasteiger partial charge is 0.126 e. The average molecular weight is 263 g/mol. The lowest BCUT2D eigenvalue weighted by Gasteiger charge is -2.33. The van der Waals surface area contributed by atoms with E-state index in [1.165, 1.54) is 12.1 Å². The first kappa shape index (κ1) is 14.4. The second-order valence-corrected chi connectivity index (χ2v) is 4.16. The molecule has 1 atom stereocenters. The molecule has 0 spiro atoms. The fraction of sp³-hybridized carbons (Fsp3) is 0.500. The summed E-state index contributed by atoms with van der Waals surface area (Å²) in [6, 6.07) is 3.80. The van der Waals surface area contributed by atoms with Gasteiger partial charge in [-0.15, -0.1) is 12.4 Å². The van der Waals surface area contributed by atoms with Crippen LogP contribution in [0.1, 0.15) is 18.5 Å². The molecule has 1 fully saturated rings. The van der Waals surface area contributed by atoms with Gasteiger partial charge in [0.25, 0.3) is 0 Å². The van der Waals surface area contributed by atoms with Gasteiger partial charge in [-0.2, -0.15) is 0 Å². The molecule has 17 heavy (non-hydrogen) atoms. The summed E-state index contributed by atoms with van der Waals surface area (Å²) in [6.45, 7) is 5.68. The predicted octanol–water partition coefficient (Wildman–Crippen LogP) is 2.35. The summed E-state index contributed by atoms with van der Waals surface area (Å²) < 4.78 is 26.2. The second kappa shape index (κ2) is 6.28. The molecule has 0 radical (unpaired) electrons. The van der Waals surface area contributed by atoms with Crippen molar-refractivity contribution in [2.45, 2.75) is 13.0 Å². The molecule has 0 amide bonds. The molecule has 0 aliphatic carbocycles. The minimum Gasteiger partial charge on any atom is -0.314 e. The molecule has 0 saturated carbocycles. The van der Waals surface area contributed by atoms with Gasteiger partial charge in [0.2, 0.25) is 0 Å². The summed E-state index contributed by atoms with van der Waals surface area (Å²) >= 11 is 0. The Balaban J connectivity index is 0.00000144. The molecule has 0 bridgehead atoms. The number of piperazine rings is 1. The summed E-state index contributed by atoms with van der Waals surface area (Å²) in [5, 5.41) is 3.25. The summed E-state index contributed by atoms with van der Waals surface area (Å²) in [5.41, 5.74) is 0.708. The number of hydrogen-bond acceptors (Lipinski definition) is 2. The van der Waals surface area contributed by atoms with E-state index in [4.69, 9.17) is 0 Å². The highest BCUT2D eigenvalue weighted by molar-refractivity contribution is 5.85. The van der Waals surface area contributed by atoms with Crippen molar-refractivity contribution in [1.82, 2.24) is 10.2 Å². The van der Waals surface area contributed by atoms with Gasteiger partial charge < -0.3 is 5.32 Å². The van der Waals surface area contributed by atoms with Gasteiger partial charge in [0.1, 0.15) is 11.6 Å².